The molecule has 1 aliphatic carbocycles. The van der Waals surface area contributed by atoms with Crippen LogP contribution in [0.2, 0.25) is 0 Å². The van der Waals surface area contributed by atoms with Crippen LogP contribution in [-0.4, -0.2) is 149 Å². The largest absolute Gasteiger partial charge is 0.394 e. The van der Waals surface area contributed by atoms with Crippen LogP contribution in [0.25, 0.3) is 0 Å². The topological polar surface area (TPSA) is 275 Å². The van der Waals surface area contributed by atoms with E-state index in [0.29, 0.717) is 6.42 Å². The lowest BCUT2D eigenvalue weighted by molar-refractivity contribution is -0.280. The number of hydrogen-bond acceptors (Lipinski definition) is 15. The maximum atomic E-state index is 12.4. The lowest BCUT2D eigenvalue weighted by Crippen LogP contribution is -2.65. The first-order valence-electron chi connectivity index (χ1n) is 13.2. The highest BCUT2D eigenvalue weighted by molar-refractivity contribution is 5.80. The number of carbonyl (C=O) groups excluding carboxylic acids is 1. The smallest absolute Gasteiger partial charge is 0.249 e. The molecule has 228 valence electrons. The Hall–Kier alpha value is -1.09. The molecule has 0 aromatic heterocycles. The van der Waals surface area contributed by atoms with E-state index in [1.54, 1.807) is 0 Å². The number of hydrogen-bond donors (Lipinski definition) is 10. The van der Waals surface area contributed by atoms with E-state index in [-0.39, 0.29) is 19.4 Å². The molecule has 16 heteroatoms. The number of aliphatic hydroxyl groups excluding tert-OH is 6. The van der Waals surface area contributed by atoms with Gasteiger partial charge in [0.25, 0.3) is 0 Å². The predicted molar refractivity (Wildman–Crippen MR) is 131 cm³/mol. The van der Waals surface area contributed by atoms with Gasteiger partial charge in [-0.1, -0.05) is 13.3 Å². The van der Waals surface area contributed by atoms with Crippen LogP contribution in [0.5, 0.6) is 0 Å². The second kappa shape index (κ2) is 14.2. The monoisotopic (exact) mass is 568 g/mol. The van der Waals surface area contributed by atoms with E-state index in [0.717, 1.165) is 0 Å². The van der Waals surface area contributed by atoms with Gasteiger partial charge in [-0.15, -0.1) is 0 Å². The van der Waals surface area contributed by atoms with Crippen molar-refractivity contribution in [1.82, 2.24) is 5.32 Å². The molecule has 13 N–H and O–H groups in total. The second-order valence-electron chi connectivity index (χ2n) is 10.3. The summed E-state index contributed by atoms with van der Waals surface area (Å²) >= 11 is 0. The highest BCUT2D eigenvalue weighted by atomic mass is 16.8. The molecule has 15 unspecified atom stereocenters. The molecule has 3 fully saturated rings. The standard InChI is InChI=1S/C23H44N4O12/c1-3-4-10(29)21(34)27-9-5-8(25)18(35-2)20(14(9)30)39-23-17(33)19(12(7-28)37-23)38-22-13(26)16(32)15(31)11(6-24)36-22/h8-20,22-23,28-33H,3-7,24-26H2,1-2H3,(H,27,34). The van der Waals surface area contributed by atoms with Crippen LogP contribution >= 0.6 is 0 Å². The Morgan fingerprint density at radius 1 is 0.974 bits per heavy atom. The van der Waals surface area contributed by atoms with Gasteiger partial charge in [0.1, 0.15) is 61.0 Å². The summed E-state index contributed by atoms with van der Waals surface area (Å²) in [6.07, 6.45) is -14.2. The van der Waals surface area contributed by atoms with Crippen molar-refractivity contribution in [2.45, 2.75) is 118 Å². The van der Waals surface area contributed by atoms with Gasteiger partial charge in [-0.25, -0.2) is 0 Å². The second-order valence-corrected chi connectivity index (χ2v) is 10.3. The molecule has 0 spiro atoms. The molecule has 39 heavy (non-hydrogen) atoms. The normalized spacial score (nSPS) is 45.7. The third kappa shape index (κ3) is 7.04. The first-order valence-corrected chi connectivity index (χ1v) is 13.2. The van der Waals surface area contributed by atoms with Gasteiger partial charge in [-0.3, -0.25) is 4.79 Å². The zero-order valence-electron chi connectivity index (χ0n) is 22.1. The van der Waals surface area contributed by atoms with Crippen LogP contribution in [0.4, 0.5) is 0 Å². The van der Waals surface area contributed by atoms with Gasteiger partial charge in [0.05, 0.1) is 18.7 Å². The van der Waals surface area contributed by atoms with Crippen molar-refractivity contribution in [2.24, 2.45) is 17.2 Å². The number of amides is 1. The minimum absolute atomic E-state index is 0.122. The number of carbonyl (C=O) groups is 1. The van der Waals surface area contributed by atoms with Crippen molar-refractivity contribution < 1.29 is 59.1 Å². The summed E-state index contributed by atoms with van der Waals surface area (Å²) < 4.78 is 28.4. The zero-order chi connectivity index (χ0) is 29.0. The SMILES string of the molecule is CCCC(O)C(=O)NC1CC(N)C(OC)C(OC2OC(CO)C(OC3OC(CN)C(O)C(O)C3N)C2O)C1O. The summed E-state index contributed by atoms with van der Waals surface area (Å²) in [6.45, 7) is 1.06. The summed E-state index contributed by atoms with van der Waals surface area (Å²) in [5.41, 5.74) is 17.8. The first-order chi connectivity index (χ1) is 18.5. The van der Waals surface area contributed by atoms with Crippen LogP contribution < -0.4 is 22.5 Å². The maximum Gasteiger partial charge on any atom is 0.249 e. The van der Waals surface area contributed by atoms with E-state index in [9.17, 15) is 35.4 Å². The van der Waals surface area contributed by atoms with Gasteiger partial charge in [0.15, 0.2) is 12.6 Å². The Kier molecular flexibility index (Phi) is 11.8. The summed E-state index contributed by atoms with van der Waals surface area (Å²) in [5, 5.41) is 64.9. The van der Waals surface area contributed by atoms with Gasteiger partial charge in [-0.05, 0) is 12.8 Å². The van der Waals surface area contributed by atoms with Gasteiger partial charge < -0.3 is 76.8 Å². The quantitative estimate of drug-likeness (QED) is 0.111. The summed E-state index contributed by atoms with van der Waals surface area (Å²) in [7, 11) is 1.36. The molecule has 0 aromatic carbocycles. The Bertz CT molecular complexity index is 783. The molecule has 0 bridgehead atoms. The maximum absolute atomic E-state index is 12.4. The molecule has 3 rings (SSSR count). The van der Waals surface area contributed by atoms with Crippen molar-refractivity contribution in [3.63, 3.8) is 0 Å². The third-order valence-corrected chi connectivity index (χ3v) is 7.52. The molecule has 3 aliphatic rings. The lowest BCUT2D eigenvalue weighted by atomic mass is 9.83. The van der Waals surface area contributed by atoms with Gasteiger partial charge in [0, 0.05) is 19.7 Å². The number of methoxy groups -OCH3 is 1. The lowest BCUT2D eigenvalue weighted by Gasteiger charge is -2.44. The third-order valence-electron chi connectivity index (χ3n) is 7.52. The fourth-order valence-corrected chi connectivity index (χ4v) is 5.24. The Labute approximate surface area is 226 Å². The molecule has 15 atom stereocenters. The molecule has 2 aliphatic heterocycles. The molecule has 0 aromatic rings. The van der Waals surface area contributed by atoms with Crippen LogP contribution in [0.15, 0.2) is 0 Å². The molecule has 0 radical (unpaired) electrons. The van der Waals surface area contributed by atoms with Crippen LogP contribution in [-0.2, 0) is 28.5 Å². The predicted octanol–water partition coefficient (Wildman–Crippen LogP) is -5.68. The number of ether oxygens (including phenoxy) is 5. The Balaban J connectivity index is 1.72. The van der Waals surface area contributed by atoms with Gasteiger partial charge >= 0.3 is 0 Å². The minimum Gasteiger partial charge on any atom is -0.394 e. The highest BCUT2D eigenvalue weighted by Gasteiger charge is 2.53. The van der Waals surface area contributed by atoms with Crippen molar-refractivity contribution in [2.75, 3.05) is 20.3 Å². The molecular formula is C23H44N4O12. The molecule has 1 amide bonds. The van der Waals surface area contributed by atoms with Crippen molar-refractivity contribution in [1.29, 1.82) is 0 Å². The van der Waals surface area contributed by atoms with Crippen molar-refractivity contribution >= 4 is 5.91 Å². The van der Waals surface area contributed by atoms with Crippen LogP contribution in [0, 0.1) is 0 Å². The van der Waals surface area contributed by atoms with E-state index in [1.165, 1.54) is 7.11 Å². The molecule has 2 heterocycles. The fraction of sp³-hybridized carbons (Fsp3) is 0.957. The summed E-state index contributed by atoms with van der Waals surface area (Å²) in [5.74, 6) is -0.666. The molecule has 1 saturated carbocycles. The Morgan fingerprint density at radius 3 is 2.21 bits per heavy atom. The first kappa shape index (κ1) is 32.4. The average molecular weight is 569 g/mol. The molecular weight excluding hydrogens is 524 g/mol. The highest BCUT2D eigenvalue weighted by Crippen LogP contribution is 2.33. The van der Waals surface area contributed by atoms with Crippen molar-refractivity contribution in [3.05, 3.63) is 0 Å². The Morgan fingerprint density at radius 2 is 1.62 bits per heavy atom. The number of aliphatic hydroxyl groups is 6. The van der Waals surface area contributed by atoms with Gasteiger partial charge in [0.2, 0.25) is 5.91 Å². The number of nitrogens with two attached hydrogens (primary N) is 3. The van der Waals surface area contributed by atoms with E-state index in [2.05, 4.69) is 5.32 Å². The van der Waals surface area contributed by atoms with E-state index in [1.807, 2.05) is 6.92 Å². The summed E-state index contributed by atoms with van der Waals surface area (Å²) in [4.78, 5) is 12.4. The molecule has 2 saturated heterocycles. The minimum atomic E-state index is -1.54. The zero-order valence-corrected chi connectivity index (χ0v) is 22.1. The van der Waals surface area contributed by atoms with Crippen LogP contribution in [0.1, 0.15) is 26.2 Å². The van der Waals surface area contributed by atoms with E-state index >= 15 is 0 Å². The van der Waals surface area contributed by atoms with E-state index in [4.69, 9.17) is 40.9 Å². The molecule has 16 nitrogen and oxygen atoms in total. The average Bonchev–Trinajstić information content (AvgIpc) is 3.21. The van der Waals surface area contributed by atoms with E-state index < -0.39 is 104 Å². The number of rotatable bonds is 11. The number of nitrogens with one attached hydrogen (secondary N) is 1. The van der Waals surface area contributed by atoms with Crippen LogP contribution in [0.3, 0.4) is 0 Å². The fourth-order valence-electron chi connectivity index (χ4n) is 5.24. The van der Waals surface area contributed by atoms with Crippen molar-refractivity contribution in [3.8, 4) is 0 Å². The summed E-state index contributed by atoms with van der Waals surface area (Å²) in [6, 6.07) is -2.81. The van der Waals surface area contributed by atoms with Gasteiger partial charge in [-0.2, -0.15) is 0 Å².